The van der Waals surface area contributed by atoms with E-state index in [9.17, 15) is 4.79 Å². The first kappa shape index (κ1) is 40.2. The Bertz CT molecular complexity index is 2320. The predicted molar refractivity (Wildman–Crippen MR) is 239 cm³/mol. The number of rotatable bonds is 10. The first-order valence-electron chi connectivity index (χ1n) is 19.6. The molecule has 0 aliphatic carbocycles. The summed E-state index contributed by atoms with van der Waals surface area (Å²) in [7, 11) is 3.32. The summed E-state index contributed by atoms with van der Waals surface area (Å²) in [5.41, 5.74) is 8.10. The molecule has 0 atom stereocenters. The number of esters is 1. The van der Waals surface area contributed by atoms with Crippen LogP contribution in [-0.4, -0.2) is 46.4 Å². The lowest BCUT2D eigenvalue weighted by Crippen LogP contribution is -2.23. The van der Waals surface area contributed by atoms with E-state index in [-0.39, 0.29) is 25.7 Å². The number of hydrogen-bond donors (Lipinski definition) is 0. The molecule has 3 heterocycles. The average molecular weight is 855 g/mol. The zero-order chi connectivity index (χ0) is 40.7. The largest absolute Gasteiger partial charge is 0.496 e. The van der Waals surface area contributed by atoms with Crippen molar-refractivity contribution in [3.63, 3.8) is 0 Å². The third kappa shape index (κ3) is 7.45. The van der Waals surface area contributed by atoms with E-state index in [1.54, 1.807) is 14.2 Å². The molecule has 0 N–H and O–H groups in total. The Labute approximate surface area is 360 Å². The summed E-state index contributed by atoms with van der Waals surface area (Å²) >= 11 is 27.6. The standard InChI is InChI=1S/C48H44Cl4N2O4/c1-29-25-33(13-19-39(29)56-3)37(31-9-15-35(16-10-31)53-21-5-6-22-53)27-48(42-41(47(55)58-48)43(49)45(51)46(52)44(42)50)28-38(34-14-20-40(57-4)30(2)26-34)32-11-17-36(18-12-32)54-23-7-8-24-54/h9-20,25-28H,5-8,21-24H2,1-4H3. The highest BCUT2D eigenvalue weighted by Crippen LogP contribution is 2.54. The number of halogens is 4. The lowest BCUT2D eigenvalue weighted by molar-refractivity contribution is 0.0300. The molecule has 0 unspecified atom stereocenters. The fourth-order valence-corrected chi connectivity index (χ4v) is 9.61. The van der Waals surface area contributed by atoms with E-state index >= 15 is 0 Å². The first-order valence-corrected chi connectivity index (χ1v) is 21.1. The van der Waals surface area contributed by atoms with Crippen LogP contribution in [0.15, 0.2) is 97.1 Å². The molecule has 8 rings (SSSR count). The Morgan fingerprint density at radius 3 is 1.38 bits per heavy atom. The average Bonchev–Trinajstić information content (AvgIpc) is 4.03. The second-order valence-corrected chi connectivity index (χ2v) is 16.7. The molecule has 0 aromatic heterocycles. The molecule has 0 bridgehead atoms. The van der Waals surface area contributed by atoms with Gasteiger partial charge in [0.05, 0.1) is 39.9 Å². The fourth-order valence-electron chi connectivity index (χ4n) is 8.53. The van der Waals surface area contributed by atoms with Crippen LogP contribution >= 0.6 is 46.4 Å². The third-order valence-corrected chi connectivity index (χ3v) is 13.4. The van der Waals surface area contributed by atoms with Gasteiger partial charge < -0.3 is 24.0 Å². The summed E-state index contributed by atoms with van der Waals surface area (Å²) in [6, 6.07) is 29.1. The van der Waals surface area contributed by atoms with Gasteiger partial charge in [-0.2, -0.15) is 0 Å². The van der Waals surface area contributed by atoms with Crippen molar-refractivity contribution in [1.29, 1.82) is 0 Å². The second kappa shape index (κ2) is 16.6. The van der Waals surface area contributed by atoms with Crippen LogP contribution in [0.1, 0.15) is 75.0 Å². The number of hydrogen-bond acceptors (Lipinski definition) is 6. The van der Waals surface area contributed by atoms with Gasteiger partial charge in [0.25, 0.3) is 0 Å². The van der Waals surface area contributed by atoms with Crippen LogP contribution < -0.4 is 19.3 Å². The van der Waals surface area contributed by atoms with E-state index in [4.69, 9.17) is 60.6 Å². The summed E-state index contributed by atoms with van der Waals surface area (Å²) in [5, 5.41) is 0.0760. The number of carbonyl (C=O) groups is 1. The normalized spacial score (nSPS) is 18.2. The van der Waals surface area contributed by atoms with Gasteiger partial charge in [0.1, 0.15) is 11.5 Å². The maximum Gasteiger partial charge on any atom is 0.341 e. The zero-order valence-electron chi connectivity index (χ0n) is 32.9. The molecule has 6 nitrogen and oxygen atoms in total. The van der Waals surface area contributed by atoms with Gasteiger partial charge in [0.2, 0.25) is 0 Å². The molecule has 2 fully saturated rings. The van der Waals surface area contributed by atoms with Crippen LogP contribution in [0, 0.1) is 13.8 Å². The van der Waals surface area contributed by atoms with Crippen molar-refractivity contribution in [1.82, 2.24) is 0 Å². The number of fused-ring (bicyclic) bond motifs is 1. The van der Waals surface area contributed by atoms with Crippen molar-refractivity contribution in [2.75, 3.05) is 50.2 Å². The monoisotopic (exact) mass is 852 g/mol. The molecular weight excluding hydrogens is 810 g/mol. The number of anilines is 2. The van der Waals surface area contributed by atoms with Gasteiger partial charge in [-0.3, -0.25) is 0 Å². The highest BCUT2D eigenvalue weighted by Gasteiger charge is 2.48. The number of carbonyl (C=O) groups excluding carboxylic acids is 1. The smallest absolute Gasteiger partial charge is 0.341 e. The molecule has 0 radical (unpaired) electrons. The molecule has 298 valence electrons. The van der Waals surface area contributed by atoms with Crippen LogP contribution in [0.25, 0.3) is 11.1 Å². The van der Waals surface area contributed by atoms with Crippen molar-refractivity contribution < 1.29 is 19.0 Å². The summed E-state index contributed by atoms with van der Waals surface area (Å²) in [5.74, 6) is 0.841. The Morgan fingerprint density at radius 1 is 0.586 bits per heavy atom. The van der Waals surface area contributed by atoms with E-state index in [1.165, 1.54) is 25.7 Å². The number of cyclic esters (lactones) is 1. The van der Waals surface area contributed by atoms with Gasteiger partial charge in [0, 0.05) is 43.1 Å². The Balaban J connectivity index is 1.43. The number of ether oxygens (including phenoxy) is 3. The zero-order valence-corrected chi connectivity index (χ0v) is 36.0. The van der Waals surface area contributed by atoms with Crippen LogP contribution in [-0.2, 0) is 10.3 Å². The van der Waals surface area contributed by atoms with Crippen molar-refractivity contribution in [2.24, 2.45) is 0 Å². The quantitative estimate of drug-likeness (QED) is 0.0792. The van der Waals surface area contributed by atoms with Gasteiger partial charge in [-0.1, -0.05) is 82.8 Å². The van der Waals surface area contributed by atoms with Gasteiger partial charge >= 0.3 is 5.97 Å². The van der Waals surface area contributed by atoms with E-state index in [0.29, 0.717) is 5.56 Å². The second-order valence-electron chi connectivity index (χ2n) is 15.2. The highest BCUT2D eigenvalue weighted by atomic mass is 35.5. The molecule has 0 saturated carbocycles. The number of benzene rings is 5. The lowest BCUT2D eigenvalue weighted by Gasteiger charge is -2.28. The minimum absolute atomic E-state index is 0.0141. The van der Waals surface area contributed by atoms with Crippen LogP contribution in [0.3, 0.4) is 0 Å². The number of nitrogens with zero attached hydrogens (tertiary/aromatic N) is 2. The molecule has 5 aromatic carbocycles. The minimum atomic E-state index is -1.63. The molecule has 10 heteroatoms. The minimum Gasteiger partial charge on any atom is -0.496 e. The molecule has 0 amide bonds. The van der Waals surface area contributed by atoms with Gasteiger partial charge in [-0.25, -0.2) is 4.79 Å². The molecule has 3 aliphatic rings. The van der Waals surface area contributed by atoms with E-state index < -0.39 is 11.6 Å². The molecular formula is C48H44Cl4N2O4. The maximum absolute atomic E-state index is 14.3. The molecule has 0 spiro atoms. The molecule has 58 heavy (non-hydrogen) atoms. The first-order chi connectivity index (χ1) is 28.0. The van der Waals surface area contributed by atoms with Crippen molar-refractivity contribution in [3.8, 4) is 11.5 Å². The summed E-state index contributed by atoms with van der Waals surface area (Å²) < 4.78 is 18.0. The number of aryl methyl sites for hydroxylation is 2. The fraction of sp³-hybridized carbons (Fsp3) is 0.271. The number of methoxy groups -OCH3 is 2. The molecule has 5 aromatic rings. The van der Waals surface area contributed by atoms with Gasteiger partial charge in [-0.05, 0) is 145 Å². The van der Waals surface area contributed by atoms with E-state index in [2.05, 4.69) is 70.5 Å². The Morgan fingerprint density at radius 2 is 0.983 bits per heavy atom. The van der Waals surface area contributed by atoms with E-state index in [1.807, 2.05) is 50.3 Å². The van der Waals surface area contributed by atoms with Crippen LogP contribution in [0.2, 0.25) is 20.1 Å². The lowest BCUT2D eigenvalue weighted by atomic mass is 9.82. The summed E-state index contributed by atoms with van der Waals surface area (Å²) in [6.07, 6.45) is 8.61. The Hall–Kier alpha value is -4.59. The van der Waals surface area contributed by atoms with Crippen LogP contribution in [0.5, 0.6) is 11.5 Å². The van der Waals surface area contributed by atoms with Gasteiger partial charge in [-0.15, -0.1) is 0 Å². The topological polar surface area (TPSA) is 51.2 Å². The SMILES string of the molecule is COc1ccc(C(=CC2(C=C(c3ccc(N4CCCC4)cc3)c3ccc(OC)c(C)c3)OC(=O)c3c(Cl)c(Cl)c(Cl)c(Cl)c32)c2ccc(N3CCCC3)cc2)cc1C. The van der Waals surface area contributed by atoms with Crippen molar-refractivity contribution in [2.45, 2.75) is 45.1 Å². The third-order valence-electron chi connectivity index (χ3n) is 11.6. The molecule has 3 aliphatic heterocycles. The molecule has 2 saturated heterocycles. The van der Waals surface area contributed by atoms with E-state index in [0.717, 1.165) is 93.6 Å². The maximum atomic E-state index is 14.3. The Kier molecular flexibility index (Phi) is 11.5. The van der Waals surface area contributed by atoms with Crippen LogP contribution in [0.4, 0.5) is 11.4 Å². The summed E-state index contributed by atoms with van der Waals surface area (Å²) in [4.78, 5) is 19.1. The summed E-state index contributed by atoms with van der Waals surface area (Å²) in [6.45, 7) is 8.10. The van der Waals surface area contributed by atoms with Crippen molar-refractivity contribution >= 4 is 74.9 Å². The highest BCUT2D eigenvalue weighted by molar-refractivity contribution is 6.53. The van der Waals surface area contributed by atoms with Gasteiger partial charge in [0.15, 0.2) is 5.60 Å². The predicted octanol–water partition coefficient (Wildman–Crippen LogP) is 12.8. The van der Waals surface area contributed by atoms with Crippen molar-refractivity contribution in [3.05, 3.63) is 162 Å².